The van der Waals surface area contributed by atoms with Gasteiger partial charge in [0.05, 0.1) is 7.11 Å². The first-order chi connectivity index (χ1) is 8.04. The molecule has 1 aromatic rings. The fourth-order valence-corrected chi connectivity index (χ4v) is 1.91. The summed E-state index contributed by atoms with van der Waals surface area (Å²) < 4.78 is 66.0. The predicted molar refractivity (Wildman–Crippen MR) is 53.3 cm³/mol. The number of rotatable bonds is 3. The van der Waals surface area contributed by atoms with Crippen molar-refractivity contribution in [1.82, 2.24) is 4.98 Å². The number of pyridine rings is 1. The molecular weight excluding hydrogens is 303 g/mol. The summed E-state index contributed by atoms with van der Waals surface area (Å²) >= 11 is 0. The van der Waals surface area contributed by atoms with Crippen LogP contribution in [-0.2, 0) is 9.05 Å². The van der Waals surface area contributed by atoms with Crippen LogP contribution in [0.1, 0.15) is 0 Å². The fourth-order valence-electron chi connectivity index (χ4n) is 1.01. The van der Waals surface area contributed by atoms with Crippen LogP contribution >= 0.6 is 10.7 Å². The highest BCUT2D eigenvalue weighted by Gasteiger charge is 2.35. The molecule has 0 aliphatic heterocycles. The van der Waals surface area contributed by atoms with E-state index >= 15 is 0 Å². The highest BCUT2D eigenvalue weighted by molar-refractivity contribution is 8.13. The minimum Gasteiger partial charge on any atom is -0.491 e. The van der Waals surface area contributed by atoms with E-state index in [1.165, 1.54) is 0 Å². The third-order valence-corrected chi connectivity index (χ3v) is 2.88. The molecular formula is C7H5ClF3NO5S. The number of ether oxygens (including phenoxy) is 2. The summed E-state index contributed by atoms with van der Waals surface area (Å²) in [6.07, 6.45) is -5.15. The van der Waals surface area contributed by atoms with Crippen LogP contribution < -0.4 is 15.0 Å². The minimum absolute atomic E-state index is 0.474. The minimum atomic E-state index is -5.15. The summed E-state index contributed by atoms with van der Waals surface area (Å²) in [7, 11) is 1.27. The van der Waals surface area contributed by atoms with Crippen LogP contribution in [0.2, 0.25) is 0 Å². The molecule has 0 amide bonds. The van der Waals surface area contributed by atoms with Crippen LogP contribution in [0.4, 0.5) is 13.2 Å². The number of hydrogen-bond acceptors (Lipinski definition) is 5. The Kier molecular flexibility index (Phi) is 3.81. The Morgan fingerprint density at radius 1 is 1.33 bits per heavy atom. The van der Waals surface area contributed by atoms with Crippen LogP contribution in [-0.4, -0.2) is 26.9 Å². The Labute approximate surface area is 103 Å². The molecule has 0 atom stereocenters. The number of nitrogens with one attached hydrogen (secondary N) is 1. The quantitative estimate of drug-likeness (QED) is 0.848. The Balaban J connectivity index is 3.50. The lowest BCUT2D eigenvalue weighted by atomic mass is 10.4. The third-order valence-electron chi connectivity index (χ3n) is 1.63. The van der Waals surface area contributed by atoms with Crippen molar-refractivity contribution in [2.75, 3.05) is 7.11 Å². The topological polar surface area (TPSA) is 85.5 Å². The lowest BCUT2D eigenvalue weighted by Gasteiger charge is -2.12. The van der Waals surface area contributed by atoms with Gasteiger partial charge in [-0.25, -0.2) is 8.42 Å². The van der Waals surface area contributed by atoms with E-state index in [0.717, 1.165) is 7.11 Å². The van der Waals surface area contributed by atoms with Gasteiger partial charge in [0.2, 0.25) is 0 Å². The molecule has 6 nitrogen and oxygen atoms in total. The molecule has 0 fully saturated rings. The maximum atomic E-state index is 12.1. The first-order valence-corrected chi connectivity index (χ1v) is 6.37. The van der Waals surface area contributed by atoms with Crippen LogP contribution in [0.5, 0.6) is 11.5 Å². The molecule has 0 unspecified atom stereocenters. The van der Waals surface area contributed by atoms with E-state index in [9.17, 15) is 26.4 Å². The number of aromatic amines is 1. The van der Waals surface area contributed by atoms with Crippen molar-refractivity contribution < 1.29 is 31.1 Å². The van der Waals surface area contributed by atoms with E-state index < -0.39 is 37.5 Å². The predicted octanol–water partition coefficient (Wildman–Crippen LogP) is 1.21. The highest BCUT2D eigenvalue weighted by Crippen LogP contribution is 2.31. The van der Waals surface area contributed by atoms with Crippen LogP contribution in [0.15, 0.2) is 15.9 Å². The van der Waals surface area contributed by atoms with Crippen molar-refractivity contribution in [2.24, 2.45) is 0 Å². The number of halogens is 4. The first-order valence-electron chi connectivity index (χ1n) is 4.06. The maximum Gasteiger partial charge on any atom is 0.573 e. The Morgan fingerprint density at radius 2 is 1.89 bits per heavy atom. The summed E-state index contributed by atoms with van der Waals surface area (Å²) in [5, 5.41) is -1.20. The third kappa shape index (κ3) is 3.53. The second kappa shape index (κ2) is 4.69. The van der Waals surface area contributed by atoms with E-state index in [-0.39, 0.29) is 0 Å². The molecule has 0 radical (unpaired) electrons. The second-order valence-electron chi connectivity index (χ2n) is 2.85. The van der Waals surface area contributed by atoms with E-state index in [0.29, 0.717) is 6.07 Å². The van der Waals surface area contributed by atoms with Crippen molar-refractivity contribution in [3.05, 3.63) is 16.4 Å². The van der Waals surface area contributed by atoms with E-state index in [1.807, 2.05) is 0 Å². The van der Waals surface area contributed by atoms with Crippen LogP contribution in [0.25, 0.3) is 0 Å². The van der Waals surface area contributed by atoms with Crippen molar-refractivity contribution in [3.63, 3.8) is 0 Å². The van der Waals surface area contributed by atoms with Gasteiger partial charge in [0.1, 0.15) is 0 Å². The summed E-state index contributed by atoms with van der Waals surface area (Å²) in [6.45, 7) is 0. The van der Waals surface area contributed by atoms with Crippen molar-refractivity contribution >= 4 is 19.7 Å². The van der Waals surface area contributed by atoms with Crippen LogP contribution in [0.3, 0.4) is 0 Å². The SMILES string of the molecule is COc1cc(OC(F)(F)F)c(S(=O)(=O)Cl)[nH]c1=O. The molecule has 0 aliphatic rings. The maximum absolute atomic E-state index is 12.1. The summed E-state index contributed by atoms with van der Waals surface area (Å²) in [5.41, 5.74) is -1.06. The molecule has 0 aliphatic carbocycles. The smallest absolute Gasteiger partial charge is 0.491 e. The zero-order valence-electron chi connectivity index (χ0n) is 8.54. The Morgan fingerprint density at radius 3 is 2.28 bits per heavy atom. The van der Waals surface area contributed by atoms with Crippen molar-refractivity contribution in [2.45, 2.75) is 11.4 Å². The van der Waals surface area contributed by atoms with Gasteiger partial charge in [-0.2, -0.15) is 0 Å². The Bertz CT molecular complexity index is 608. The van der Waals surface area contributed by atoms with Crippen molar-refractivity contribution in [3.8, 4) is 11.5 Å². The lowest BCUT2D eigenvalue weighted by Crippen LogP contribution is -2.21. The van der Waals surface area contributed by atoms with E-state index in [2.05, 4.69) is 9.47 Å². The second-order valence-corrected chi connectivity index (χ2v) is 5.35. The molecule has 0 spiro atoms. The average molecular weight is 308 g/mol. The van der Waals surface area contributed by atoms with Crippen molar-refractivity contribution in [1.29, 1.82) is 0 Å². The molecule has 11 heteroatoms. The molecule has 0 saturated heterocycles. The van der Waals surface area contributed by atoms with E-state index in [4.69, 9.17) is 10.7 Å². The summed E-state index contributed by atoms with van der Waals surface area (Å²) in [6, 6.07) is 0.474. The normalized spacial score (nSPS) is 12.3. The van der Waals surface area contributed by atoms with E-state index in [1.54, 1.807) is 4.98 Å². The average Bonchev–Trinajstić information content (AvgIpc) is 2.16. The van der Waals surface area contributed by atoms with Gasteiger partial charge >= 0.3 is 6.36 Å². The number of H-pyrrole nitrogens is 1. The van der Waals surface area contributed by atoms with Gasteiger partial charge in [-0.3, -0.25) is 4.79 Å². The molecule has 0 bridgehead atoms. The monoisotopic (exact) mass is 307 g/mol. The summed E-state index contributed by atoms with van der Waals surface area (Å²) in [4.78, 5) is 12.8. The molecule has 1 aromatic heterocycles. The lowest BCUT2D eigenvalue weighted by molar-refractivity contribution is -0.275. The van der Waals surface area contributed by atoms with Gasteiger partial charge in [-0.15, -0.1) is 13.2 Å². The molecule has 0 saturated carbocycles. The number of methoxy groups -OCH3 is 1. The Hall–Kier alpha value is -1.42. The molecule has 0 aromatic carbocycles. The largest absolute Gasteiger partial charge is 0.573 e. The molecule has 18 heavy (non-hydrogen) atoms. The van der Waals surface area contributed by atoms with Gasteiger partial charge in [-0.1, -0.05) is 0 Å². The zero-order chi connectivity index (χ0) is 14.1. The summed E-state index contributed by atoms with van der Waals surface area (Å²) in [5.74, 6) is -1.74. The fraction of sp³-hybridized carbons (Fsp3) is 0.286. The number of aromatic nitrogens is 1. The van der Waals surface area contributed by atoms with Gasteiger partial charge < -0.3 is 14.5 Å². The van der Waals surface area contributed by atoms with Gasteiger partial charge in [-0.05, 0) is 0 Å². The molecule has 1 N–H and O–H groups in total. The zero-order valence-corrected chi connectivity index (χ0v) is 10.1. The highest BCUT2D eigenvalue weighted by atomic mass is 35.7. The molecule has 1 rings (SSSR count). The van der Waals surface area contributed by atoms with Gasteiger partial charge in [0, 0.05) is 16.7 Å². The molecule has 102 valence electrons. The number of hydrogen-bond donors (Lipinski definition) is 1. The number of alkyl halides is 3. The van der Waals surface area contributed by atoms with Gasteiger partial charge in [0.15, 0.2) is 16.5 Å². The van der Waals surface area contributed by atoms with Crippen LogP contribution in [0, 0.1) is 0 Å². The molecule has 1 heterocycles. The van der Waals surface area contributed by atoms with Gasteiger partial charge in [0.25, 0.3) is 14.6 Å². The first kappa shape index (κ1) is 14.6. The standard InChI is InChI=1S/C7H5ClF3NO5S/c1-16-3-2-4(17-7(9,10)11)6(12-5(3)13)18(8,14)15/h2H,1H3,(H,12,13).